The standard InChI is InChI=1S/C11H22O3S/c1-9(8-10(12)13-5)15-7-6-14-11(2,3)4/h9H,6-8H2,1-5H3. The van der Waals surface area contributed by atoms with Gasteiger partial charge in [0.15, 0.2) is 0 Å². The molecule has 0 saturated carbocycles. The number of carbonyl (C=O) groups is 1. The van der Waals surface area contributed by atoms with E-state index in [4.69, 9.17) is 4.74 Å². The molecule has 0 saturated heterocycles. The van der Waals surface area contributed by atoms with E-state index in [0.29, 0.717) is 11.7 Å². The lowest BCUT2D eigenvalue weighted by Crippen LogP contribution is -2.21. The summed E-state index contributed by atoms with van der Waals surface area (Å²) in [6, 6.07) is 0. The van der Waals surface area contributed by atoms with E-state index in [2.05, 4.69) is 4.74 Å². The van der Waals surface area contributed by atoms with Crippen molar-refractivity contribution in [2.24, 2.45) is 0 Å². The second-order valence-corrected chi connectivity index (χ2v) is 5.97. The fourth-order valence-corrected chi connectivity index (χ4v) is 1.81. The van der Waals surface area contributed by atoms with Gasteiger partial charge in [0.05, 0.1) is 25.7 Å². The SMILES string of the molecule is COC(=O)CC(C)SCCOC(C)(C)C. The molecular formula is C11H22O3S. The average Bonchev–Trinajstić information content (AvgIpc) is 2.11. The van der Waals surface area contributed by atoms with Gasteiger partial charge < -0.3 is 9.47 Å². The average molecular weight is 234 g/mol. The van der Waals surface area contributed by atoms with Gasteiger partial charge in [-0.3, -0.25) is 4.79 Å². The van der Waals surface area contributed by atoms with Crippen molar-refractivity contribution in [2.75, 3.05) is 19.5 Å². The van der Waals surface area contributed by atoms with E-state index >= 15 is 0 Å². The molecule has 0 aromatic heterocycles. The molecule has 0 aromatic carbocycles. The van der Waals surface area contributed by atoms with Crippen LogP contribution >= 0.6 is 11.8 Å². The Hall–Kier alpha value is -0.220. The van der Waals surface area contributed by atoms with Crippen molar-refractivity contribution in [1.82, 2.24) is 0 Å². The molecule has 0 heterocycles. The lowest BCUT2D eigenvalue weighted by molar-refractivity contribution is -0.140. The smallest absolute Gasteiger partial charge is 0.306 e. The molecule has 1 unspecified atom stereocenters. The highest BCUT2D eigenvalue weighted by Crippen LogP contribution is 2.15. The van der Waals surface area contributed by atoms with Crippen LogP contribution in [0, 0.1) is 0 Å². The minimum Gasteiger partial charge on any atom is -0.469 e. The maximum absolute atomic E-state index is 10.9. The van der Waals surface area contributed by atoms with Crippen LogP contribution in [-0.4, -0.2) is 36.3 Å². The predicted molar refractivity (Wildman–Crippen MR) is 64.3 cm³/mol. The maximum Gasteiger partial charge on any atom is 0.306 e. The van der Waals surface area contributed by atoms with Gasteiger partial charge in [0.25, 0.3) is 0 Å². The third-order valence-corrected chi connectivity index (χ3v) is 2.84. The summed E-state index contributed by atoms with van der Waals surface area (Å²) in [5.41, 5.74) is -0.0772. The summed E-state index contributed by atoms with van der Waals surface area (Å²) in [5.74, 6) is 0.766. The van der Waals surface area contributed by atoms with E-state index in [-0.39, 0.29) is 11.6 Å². The summed E-state index contributed by atoms with van der Waals surface area (Å²) in [7, 11) is 1.42. The van der Waals surface area contributed by atoms with Crippen molar-refractivity contribution in [3.8, 4) is 0 Å². The van der Waals surface area contributed by atoms with Crippen molar-refractivity contribution in [3.63, 3.8) is 0 Å². The minimum atomic E-state index is -0.147. The fraction of sp³-hybridized carbons (Fsp3) is 0.909. The van der Waals surface area contributed by atoms with Crippen molar-refractivity contribution in [2.45, 2.75) is 45.0 Å². The first kappa shape index (κ1) is 14.8. The molecule has 0 aliphatic rings. The highest BCUT2D eigenvalue weighted by Gasteiger charge is 2.12. The van der Waals surface area contributed by atoms with Gasteiger partial charge in [0.1, 0.15) is 0 Å². The van der Waals surface area contributed by atoms with E-state index in [0.717, 1.165) is 12.4 Å². The number of rotatable bonds is 6. The van der Waals surface area contributed by atoms with Crippen molar-refractivity contribution >= 4 is 17.7 Å². The molecule has 0 amide bonds. The normalized spacial score (nSPS) is 13.7. The summed E-state index contributed by atoms with van der Waals surface area (Å²) in [4.78, 5) is 10.9. The summed E-state index contributed by atoms with van der Waals surface area (Å²) < 4.78 is 10.2. The van der Waals surface area contributed by atoms with Crippen LogP contribution in [0.5, 0.6) is 0 Å². The summed E-state index contributed by atoms with van der Waals surface area (Å²) >= 11 is 1.73. The molecular weight excluding hydrogens is 212 g/mol. The first-order valence-electron chi connectivity index (χ1n) is 5.17. The highest BCUT2D eigenvalue weighted by molar-refractivity contribution is 7.99. The Morgan fingerprint density at radius 2 is 2.00 bits per heavy atom. The van der Waals surface area contributed by atoms with E-state index < -0.39 is 0 Å². The number of hydrogen-bond donors (Lipinski definition) is 0. The predicted octanol–water partition coefficient (Wildman–Crippen LogP) is 2.49. The summed E-state index contributed by atoms with van der Waals surface area (Å²) in [6.07, 6.45) is 0.469. The highest BCUT2D eigenvalue weighted by atomic mass is 32.2. The van der Waals surface area contributed by atoms with Crippen molar-refractivity contribution < 1.29 is 14.3 Å². The third kappa shape index (κ3) is 10.1. The van der Waals surface area contributed by atoms with Gasteiger partial charge in [-0.15, -0.1) is 0 Å². The Bertz CT molecular complexity index is 187. The Morgan fingerprint density at radius 3 is 2.47 bits per heavy atom. The lowest BCUT2D eigenvalue weighted by Gasteiger charge is -2.19. The Balaban J connectivity index is 3.47. The third-order valence-electron chi connectivity index (χ3n) is 1.70. The van der Waals surface area contributed by atoms with E-state index in [1.165, 1.54) is 7.11 Å². The molecule has 0 rings (SSSR count). The number of carbonyl (C=O) groups excluding carboxylic acids is 1. The quantitative estimate of drug-likeness (QED) is 0.522. The van der Waals surface area contributed by atoms with E-state index in [1.54, 1.807) is 11.8 Å². The van der Waals surface area contributed by atoms with Gasteiger partial charge >= 0.3 is 5.97 Å². The van der Waals surface area contributed by atoms with Crippen molar-refractivity contribution in [1.29, 1.82) is 0 Å². The molecule has 3 nitrogen and oxygen atoms in total. The van der Waals surface area contributed by atoms with E-state index in [1.807, 2.05) is 27.7 Å². The molecule has 0 aliphatic heterocycles. The number of methoxy groups -OCH3 is 1. The Morgan fingerprint density at radius 1 is 1.40 bits per heavy atom. The maximum atomic E-state index is 10.9. The first-order chi connectivity index (χ1) is 6.85. The van der Waals surface area contributed by atoms with Gasteiger partial charge in [0, 0.05) is 11.0 Å². The van der Waals surface area contributed by atoms with Crippen LogP contribution in [0.4, 0.5) is 0 Å². The topological polar surface area (TPSA) is 35.5 Å². The van der Waals surface area contributed by atoms with Crippen LogP contribution < -0.4 is 0 Å². The zero-order valence-electron chi connectivity index (χ0n) is 10.3. The summed E-state index contributed by atoms with van der Waals surface area (Å²) in [6.45, 7) is 8.86. The molecule has 0 bridgehead atoms. The minimum absolute atomic E-state index is 0.0772. The number of thioether (sulfide) groups is 1. The van der Waals surface area contributed by atoms with Crippen LogP contribution in [0.1, 0.15) is 34.1 Å². The van der Waals surface area contributed by atoms with Crippen LogP contribution in [0.3, 0.4) is 0 Å². The number of ether oxygens (including phenoxy) is 2. The zero-order chi connectivity index (χ0) is 11.9. The van der Waals surface area contributed by atoms with Crippen LogP contribution in [-0.2, 0) is 14.3 Å². The van der Waals surface area contributed by atoms with Crippen LogP contribution in [0.15, 0.2) is 0 Å². The lowest BCUT2D eigenvalue weighted by atomic mass is 10.2. The summed E-state index contributed by atoms with van der Waals surface area (Å²) in [5, 5.41) is 0.293. The molecule has 0 aliphatic carbocycles. The molecule has 90 valence electrons. The van der Waals surface area contributed by atoms with Crippen LogP contribution in [0.2, 0.25) is 0 Å². The monoisotopic (exact) mass is 234 g/mol. The molecule has 0 spiro atoms. The molecule has 1 atom stereocenters. The second-order valence-electron chi connectivity index (χ2n) is 4.42. The molecule has 4 heteroatoms. The van der Waals surface area contributed by atoms with Crippen LogP contribution in [0.25, 0.3) is 0 Å². The molecule has 0 aromatic rings. The van der Waals surface area contributed by atoms with Gasteiger partial charge in [-0.05, 0) is 20.8 Å². The molecule has 15 heavy (non-hydrogen) atoms. The number of esters is 1. The molecule has 0 radical (unpaired) electrons. The second kappa shape index (κ2) is 7.12. The van der Waals surface area contributed by atoms with Gasteiger partial charge in [0.2, 0.25) is 0 Å². The Kier molecular flexibility index (Phi) is 7.02. The van der Waals surface area contributed by atoms with Gasteiger partial charge in [-0.1, -0.05) is 6.92 Å². The van der Waals surface area contributed by atoms with Gasteiger partial charge in [-0.25, -0.2) is 0 Å². The van der Waals surface area contributed by atoms with E-state index in [9.17, 15) is 4.79 Å². The van der Waals surface area contributed by atoms with Crippen molar-refractivity contribution in [3.05, 3.63) is 0 Å². The Labute approximate surface area is 96.9 Å². The molecule has 0 fully saturated rings. The fourth-order valence-electron chi connectivity index (χ4n) is 0.974. The first-order valence-corrected chi connectivity index (χ1v) is 6.22. The largest absolute Gasteiger partial charge is 0.469 e. The molecule has 0 N–H and O–H groups in total. The zero-order valence-corrected chi connectivity index (χ0v) is 11.1. The van der Waals surface area contributed by atoms with Gasteiger partial charge in [-0.2, -0.15) is 11.8 Å². The number of hydrogen-bond acceptors (Lipinski definition) is 4.